The van der Waals surface area contributed by atoms with Gasteiger partial charge >= 0.3 is 0 Å². The minimum atomic E-state index is -0.443. The number of methoxy groups -OCH3 is 3. The summed E-state index contributed by atoms with van der Waals surface area (Å²) in [5, 5.41) is 15.5. The Bertz CT molecular complexity index is 1190. The van der Waals surface area contributed by atoms with Crippen LogP contribution < -0.4 is 24.4 Å². The van der Waals surface area contributed by atoms with Crippen LogP contribution in [-0.2, 0) is 0 Å². The van der Waals surface area contributed by atoms with Crippen molar-refractivity contribution >= 4 is 17.1 Å². The minimum Gasteiger partial charge on any atom is -0.497 e. The predicted octanol–water partition coefficient (Wildman–Crippen LogP) is 4.96. The van der Waals surface area contributed by atoms with E-state index in [2.05, 4.69) is 10.5 Å². The van der Waals surface area contributed by atoms with Crippen LogP contribution in [0.3, 0.4) is 0 Å². The van der Waals surface area contributed by atoms with Crippen LogP contribution >= 0.6 is 0 Å². The molecule has 0 amide bonds. The predicted molar refractivity (Wildman–Crippen MR) is 124 cm³/mol. The first kappa shape index (κ1) is 21.9. The van der Waals surface area contributed by atoms with E-state index in [1.165, 1.54) is 12.1 Å². The topological polar surface area (TPSA) is 104 Å². The zero-order valence-corrected chi connectivity index (χ0v) is 18.4. The fraction of sp³-hybridized carbons (Fsp3) is 0.208. The highest BCUT2D eigenvalue weighted by Crippen LogP contribution is 2.43. The van der Waals surface area contributed by atoms with Gasteiger partial charge < -0.3 is 18.9 Å². The van der Waals surface area contributed by atoms with Gasteiger partial charge in [-0.3, -0.25) is 15.5 Å². The largest absolute Gasteiger partial charge is 0.497 e. The molecule has 0 radical (unpaired) electrons. The van der Waals surface area contributed by atoms with E-state index >= 15 is 0 Å². The number of anilines is 1. The molecule has 1 aliphatic heterocycles. The molecule has 1 atom stereocenters. The van der Waals surface area contributed by atoms with Crippen LogP contribution in [0.4, 0.5) is 11.4 Å². The van der Waals surface area contributed by atoms with Crippen molar-refractivity contribution < 1.29 is 23.9 Å². The highest BCUT2D eigenvalue weighted by molar-refractivity contribution is 6.07. The summed E-state index contributed by atoms with van der Waals surface area (Å²) in [4.78, 5) is 10.5. The lowest BCUT2D eigenvalue weighted by Gasteiger charge is -2.29. The molecule has 0 aromatic heterocycles. The van der Waals surface area contributed by atoms with Crippen molar-refractivity contribution in [3.8, 4) is 23.0 Å². The number of rotatable bonds is 7. The number of fused-ring (bicyclic) bond motifs is 1. The highest BCUT2D eigenvalue weighted by Gasteiger charge is 2.30. The highest BCUT2D eigenvalue weighted by atomic mass is 16.6. The number of hydrogen-bond acceptors (Lipinski definition) is 8. The van der Waals surface area contributed by atoms with Gasteiger partial charge in [0.05, 0.1) is 43.2 Å². The lowest BCUT2D eigenvalue weighted by Crippen LogP contribution is -2.22. The van der Waals surface area contributed by atoms with Crippen LogP contribution in [0.5, 0.6) is 23.0 Å². The molecule has 170 valence electrons. The average Bonchev–Trinajstić information content (AvgIpc) is 2.86. The lowest BCUT2D eigenvalue weighted by atomic mass is 9.94. The normalized spacial score (nSPS) is 15.8. The van der Waals surface area contributed by atoms with Crippen LogP contribution in [-0.4, -0.2) is 32.0 Å². The second-order valence-corrected chi connectivity index (χ2v) is 7.26. The molecule has 0 saturated heterocycles. The molecule has 1 heterocycles. The Kier molecular flexibility index (Phi) is 6.30. The van der Waals surface area contributed by atoms with Gasteiger partial charge in [-0.1, -0.05) is 12.1 Å². The SMILES string of the molecule is COc1cccc(C2CC(=NNc3ccc([N+](=O)[O-])cc3)c3c(OC)cc(OC)cc3O2)c1. The molecule has 0 aliphatic carbocycles. The second-order valence-electron chi connectivity index (χ2n) is 7.26. The Morgan fingerprint density at radius 3 is 2.42 bits per heavy atom. The van der Waals surface area contributed by atoms with Crippen LogP contribution in [0.15, 0.2) is 65.8 Å². The van der Waals surface area contributed by atoms with E-state index in [1.54, 1.807) is 45.6 Å². The zero-order valence-electron chi connectivity index (χ0n) is 18.4. The van der Waals surface area contributed by atoms with Gasteiger partial charge in [0.2, 0.25) is 0 Å². The van der Waals surface area contributed by atoms with Gasteiger partial charge in [0, 0.05) is 30.7 Å². The molecule has 0 saturated carbocycles. The number of hydrazone groups is 1. The van der Waals surface area contributed by atoms with E-state index in [4.69, 9.17) is 18.9 Å². The molecular formula is C24H23N3O6. The molecular weight excluding hydrogens is 426 g/mol. The van der Waals surface area contributed by atoms with E-state index in [0.29, 0.717) is 40.6 Å². The first-order chi connectivity index (χ1) is 16.0. The maximum Gasteiger partial charge on any atom is 0.269 e. The van der Waals surface area contributed by atoms with E-state index in [-0.39, 0.29) is 11.8 Å². The maximum absolute atomic E-state index is 10.9. The number of hydrogen-bond donors (Lipinski definition) is 1. The van der Waals surface area contributed by atoms with Gasteiger partial charge in [-0.05, 0) is 29.8 Å². The number of non-ortho nitro benzene ring substituents is 1. The van der Waals surface area contributed by atoms with Crippen molar-refractivity contribution in [2.24, 2.45) is 5.10 Å². The first-order valence-electron chi connectivity index (χ1n) is 10.2. The summed E-state index contributed by atoms with van der Waals surface area (Å²) in [6.07, 6.45) is 0.143. The van der Waals surface area contributed by atoms with Crippen molar-refractivity contribution in [3.63, 3.8) is 0 Å². The van der Waals surface area contributed by atoms with Crippen molar-refractivity contribution in [3.05, 3.63) is 81.9 Å². The number of ether oxygens (including phenoxy) is 4. The van der Waals surface area contributed by atoms with Crippen molar-refractivity contribution in [2.45, 2.75) is 12.5 Å². The molecule has 3 aromatic rings. The Morgan fingerprint density at radius 2 is 1.76 bits per heavy atom. The second kappa shape index (κ2) is 9.47. The van der Waals surface area contributed by atoms with Crippen molar-refractivity contribution in [1.29, 1.82) is 0 Å². The van der Waals surface area contributed by atoms with E-state index < -0.39 is 4.92 Å². The fourth-order valence-electron chi connectivity index (χ4n) is 3.61. The Morgan fingerprint density at radius 1 is 1.00 bits per heavy atom. The Labute approximate surface area is 190 Å². The number of nitro groups is 1. The monoisotopic (exact) mass is 449 g/mol. The molecule has 1 unspecified atom stereocenters. The molecule has 0 spiro atoms. The Balaban J connectivity index is 1.73. The lowest BCUT2D eigenvalue weighted by molar-refractivity contribution is -0.384. The van der Waals surface area contributed by atoms with Gasteiger partial charge in [-0.15, -0.1) is 0 Å². The number of benzene rings is 3. The molecule has 0 fully saturated rings. The summed E-state index contributed by atoms with van der Waals surface area (Å²) in [7, 11) is 4.77. The smallest absolute Gasteiger partial charge is 0.269 e. The summed E-state index contributed by atoms with van der Waals surface area (Å²) >= 11 is 0. The van der Waals surface area contributed by atoms with Gasteiger partial charge in [0.1, 0.15) is 29.1 Å². The summed E-state index contributed by atoms with van der Waals surface area (Å²) in [6, 6.07) is 17.3. The quantitative estimate of drug-likeness (QED) is 0.401. The zero-order chi connectivity index (χ0) is 23.4. The molecule has 1 N–H and O–H groups in total. The molecule has 4 rings (SSSR count). The summed E-state index contributed by atoms with van der Waals surface area (Å²) in [5.74, 6) is 2.47. The fourth-order valence-corrected chi connectivity index (χ4v) is 3.61. The minimum absolute atomic E-state index is 0.0106. The third-order valence-electron chi connectivity index (χ3n) is 5.30. The molecule has 3 aromatic carbocycles. The molecule has 9 nitrogen and oxygen atoms in total. The van der Waals surface area contributed by atoms with E-state index in [9.17, 15) is 10.1 Å². The Hall–Kier alpha value is -4.27. The van der Waals surface area contributed by atoms with Gasteiger partial charge in [0.25, 0.3) is 5.69 Å². The van der Waals surface area contributed by atoms with Gasteiger partial charge in [-0.25, -0.2) is 0 Å². The molecule has 0 bridgehead atoms. The number of nitro benzene ring substituents is 1. The molecule has 9 heteroatoms. The van der Waals surface area contributed by atoms with Gasteiger partial charge in [0.15, 0.2) is 0 Å². The number of nitrogens with one attached hydrogen (secondary N) is 1. The summed E-state index contributed by atoms with van der Waals surface area (Å²) in [6.45, 7) is 0. The summed E-state index contributed by atoms with van der Waals surface area (Å²) in [5.41, 5.74) is 5.98. The van der Waals surface area contributed by atoms with E-state index in [1.807, 2.05) is 24.3 Å². The van der Waals surface area contributed by atoms with Crippen LogP contribution in [0, 0.1) is 10.1 Å². The van der Waals surface area contributed by atoms with Crippen LogP contribution in [0.1, 0.15) is 23.7 Å². The van der Waals surface area contributed by atoms with Crippen LogP contribution in [0.2, 0.25) is 0 Å². The van der Waals surface area contributed by atoms with Crippen molar-refractivity contribution in [2.75, 3.05) is 26.8 Å². The third kappa shape index (κ3) is 4.67. The first-order valence-corrected chi connectivity index (χ1v) is 10.2. The van der Waals surface area contributed by atoms with Crippen molar-refractivity contribution in [1.82, 2.24) is 0 Å². The molecule has 33 heavy (non-hydrogen) atoms. The van der Waals surface area contributed by atoms with Gasteiger partial charge in [-0.2, -0.15) is 5.10 Å². The third-order valence-corrected chi connectivity index (χ3v) is 5.30. The standard InChI is InChI=1S/C24H23N3O6/c1-30-18-6-4-5-15(11-18)21-14-20(26-25-16-7-9-17(10-8-16)27(28)29)24-22(32-3)12-19(31-2)13-23(24)33-21/h4-13,21,25H,14H2,1-3H3. The van der Waals surface area contributed by atoms with Crippen LogP contribution in [0.25, 0.3) is 0 Å². The summed E-state index contributed by atoms with van der Waals surface area (Å²) < 4.78 is 22.7. The maximum atomic E-state index is 10.9. The average molecular weight is 449 g/mol. The van der Waals surface area contributed by atoms with E-state index in [0.717, 1.165) is 11.3 Å². The molecule has 1 aliphatic rings. The number of nitrogens with zero attached hydrogens (tertiary/aromatic N) is 2.